The highest BCUT2D eigenvalue weighted by Gasteiger charge is 2.32. The second kappa shape index (κ2) is 16.4. The van der Waals surface area contributed by atoms with E-state index in [1.165, 1.54) is 13.3 Å². The molecule has 0 aromatic carbocycles. The summed E-state index contributed by atoms with van der Waals surface area (Å²) in [6.45, 7) is 9.47. The maximum atomic E-state index is 12.7. The molecule has 8 heteroatoms. The molecule has 8 nitrogen and oxygen atoms in total. The Morgan fingerprint density at radius 3 is 2.62 bits per heavy atom. The number of amides is 2. The first-order valence-corrected chi connectivity index (χ1v) is 12.6. The van der Waals surface area contributed by atoms with Gasteiger partial charge in [-0.15, -0.1) is 0 Å². The molecular weight excluding hydrogens is 472 g/mol. The molecule has 37 heavy (non-hydrogen) atoms. The number of rotatable bonds is 12. The smallest absolute Gasteiger partial charge is 0.373 e. The summed E-state index contributed by atoms with van der Waals surface area (Å²) in [5, 5.41) is 15.3. The molecular formula is C29H42N2O6. The quantitative estimate of drug-likeness (QED) is 0.208. The minimum atomic E-state index is -0.725. The highest BCUT2D eigenvalue weighted by atomic mass is 16.6. The summed E-state index contributed by atoms with van der Waals surface area (Å²) in [6, 6.07) is -0.725. The number of cyclic esters (lactones) is 1. The lowest BCUT2D eigenvalue weighted by molar-refractivity contribution is -0.151. The van der Waals surface area contributed by atoms with Crippen LogP contribution in [-0.4, -0.2) is 48.2 Å². The molecule has 0 aromatic heterocycles. The SMILES string of the molecule is C/C=C\C[C@H](O)C/C=C\NC(=O)[C@@H](NC(=O)CCC#C/C=C/[C@H](C)C1CC=C(OC)C(=O)O1)C(C)(C)C. The second-order valence-electron chi connectivity index (χ2n) is 9.96. The molecule has 0 aromatic rings. The van der Waals surface area contributed by atoms with Gasteiger partial charge in [-0.25, -0.2) is 4.79 Å². The molecule has 0 radical (unpaired) electrons. The van der Waals surface area contributed by atoms with Gasteiger partial charge >= 0.3 is 5.97 Å². The van der Waals surface area contributed by atoms with Gasteiger partial charge in [-0.2, -0.15) is 0 Å². The third-order valence-corrected chi connectivity index (χ3v) is 5.69. The summed E-state index contributed by atoms with van der Waals surface area (Å²) in [6.07, 6.45) is 13.5. The summed E-state index contributed by atoms with van der Waals surface area (Å²) in [5.74, 6) is 4.99. The van der Waals surface area contributed by atoms with Crippen molar-refractivity contribution in [2.45, 2.75) is 85.0 Å². The molecule has 2 amide bonds. The van der Waals surface area contributed by atoms with Crippen LogP contribution in [0.15, 0.2) is 48.4 Å². The number of carbonyl (C=O) groups excluding carboxylic acids is 3. The Hall–Kier alpha value is -3.31. The topological polar surface area (TPSA) is 114 Å². The van der Waals surface area contributed by atoms with Crippen LogP contribution in [0.2, 0.25) is 0 Å². The standard InChI is InChI=1S/C29H42N2O6/c1-7-8-15-22(32)16-13-20-30-27(34)26(29(3,4)5)31-25(33)17-12-10-9-11-14-21(2)23-18-19-24(36-6)28(35)37-23/h7-8,11,13-14,19-23,26,32H,12,15-18H2,1-6H3,(H,30,34)(H,31,33)/b8-7-,14-11+,20-13-/t21-,22-,23?,26+/m0/s1. The lowest BCUT2D eigenvalue weighted by Gasteiger charge is -2.29. The predicted octanol–water partition coefficient (Wildman–Crippen LogP) is 3.69. The first kappa shape index (κ1) is 31.7. The molecule has 0 fully saturated rings. The van der Waals surface area contributed by atoms with Gasteiger partial charge in [0, 0.05) is 25.2 Å². The van der Waals surface area contributed by atoms with E-state index in [2.05, 4.69) is 22.5 Å². The number of methoxy groups -OCH3 is 1. The van der Waals surface area contributed by atoms with Crippen molar-refractivity contribution in [3.8, 4) is 11.8 Å². The van der Waals surface area contributed by atoms with Crippen molar-refractivity contribution in [3.63, 3.8) is 0 Å². The van der Waals surface area contributed by atoms with Gasteiger partial charge in [-0.05, 0) is 43.5 Å². The summed E-state index contributed by atoms with van der Waals surface area (Å²) in [5.41, 5.74) is -0.495. The number of hydrogen-bond donors (Lipinski definition) is 3. The molecule has 4 atom stereocenters. The number of nitrogens with one attached hydrogen (secondary N) is 2. The van der Waals surface area contributed by atoms with Crippen LogP contribution in [0.3, 0.4) is 0 Å². The first-order chi connectivity index (χ1) is 17.5. The Balaban J connectivity index is 2.50. The van der Waals surface area contributed by atoms with E-state index in [-0.39, 0.29) is 36.0 Å². The molecule has 1 rings (SSSR count). The van der Waals surface area contributed by atoms with E-state index >= 15 is 0 Å². The number of allylic oxidation sites excluding steroid dienone is 2. The van der Waals surface area contributed by atoms with Gasteiger partial charge in [0.1, 0.15) is 12.1 Å². The summed E-state index contributed by atoms with van der Waals surface area (Å²) < 4.78 is 10.3. The maximum absolute atomic E-state index is 12.7. The fourth-order valence-corrected chi connectivity index (χ4v) is 3.42. The van der Waals surface area contributed by atoms with E-state index in [1.807, 2.05) is 52.8 Å². The van der Waals surface area contributed by atoms with Gasteiger partial charge in [0.05, 0.1) is 13.2 Å². The lowest BCUT2D eigenvalue weighted by atomic mass is 9.86. The molecule has 0 saturated carbocycles. The molecule has 1 aliphatic rings. The zero-order chi connectivity index (χ0) is 27.8. The third-order valence-electron chi connectivity index (χ3n) is 5.69. The maximum Gasteiger partial charge on any atom is 0.373 e. The molecule has 0 bridgehead atoms. The molecule has 1 aliphatic heterocycles. The van der Waals surface area contributed by atoms with Crippen molar-refractivity contribution in [2.24, 2.45) is 11.3 Å². The van der Waals surface area contributed by atoms with Crippen molar-refractivity contribution in [1.82, 2.24) is 10.6 Å². The molecule has 0 aliphatic carbocycles. The van der Waals surface area contributed by atoms with Crippen LogP contribution in [0.25, 0.3) is 0 Å². The van der Waals surface area contributed by atoms with Gasteiger partial charge in [-0.3, -0.25) is 9.59 Å². The van der Waals surface area contributed by atoms with Crippen LogP contribution in [-0.2, 0) is 23.9 Å². The average molecular weight is 515 g/mol. The average Bonchev–Trinajstić information content (AvgIpc) is 2.84. The zero-order valence-electron chi connectivity index (χ0n) is 22.9. The van der Waals surface area contributed by atoms with Gasteiger partial charge in [0.2, 0.25) is 11.8 Å². The number of esters is 1. The van der Waals surface area contributed by atoms with Crippen LogP contribution < -0.4 is 10.6 Å². The number of aliphatic hydroxyl groups is 1. The lowest BCUT2D eigenvalue weighted by Crippen LogP contribution is -2.52. The summed E-state index contributed by atoms with van der Waals surface area (Å²) >= 11 is 0. The first-order valence-electron chi connectivity index (χ1n) is 12.6. The molecule has 0 spiro atoms. The number of aliphatic hydroxyl groups excluding tert-OH is 1. The van der Waals surface area contributed by atoms with E-state index in [0.29, 0.717) is 25.7 Å². The Kier molecular flexibility index (Phi) is 14.1. The Labute approximate surface area is 221 Å². The van der Waals surface area contributed by atoms with E-state index in [0.717, 1.165) is 0 Å². The summed E-state index contributed by atoms with van der Waals surface area (Å²) in [4.78, 5) is 36.9. The fourth-order valence-electron chi connectivity index (χ4n) is 3.42. The van der Waals surface area contributed by atoms with E-state index < -0.39 is 23.5 Å². The normalized spacial score (nSPS) is 18.5. The molecule has 1 heterocycles. The monoisotopic (exact) mass is 514 g/mol. The zero-order valence-corrected chi connectivity index (χ0v) is 22.9. The van der Waals surface area contributed by atoms with Crippen molar-refractivity contribution >= 4 is 17.8 Å². The Morgan fingerprint density at radius 2 is 2.00 bits per heavy atom. The highest BCUT2D eigenvalue weighted by Crippen LogP contribution is 2.21. The van der Waals surface area contributed by atoms with Crippen molar-refractivity contribution < 1.29 is 29.0 Å². The van der Waals surface area contributed by atoms with Gasteiger partial charge in [0.15, 0.2) is 5.76 Å². The second-order valence-corrected chi connectivity index (χ2v) is 9.96. The van der Waals surface area contributed by atoms with Crippen LogP contribution in [0, 0.1) is 23.2 Å². The van der Waals surface area contributed by atoms with Crippen molar-refractivity contribution in [2.75, 3.05) is 7.11 Å². The van der Waals surface area contributed by atoms with E-state index in [1.54, 1.807) is 18.2 Å². The summed E-state index contributed by atoms with van der Waals surface area (Å²) in [7, 11) is 1.43. The van der Waals surface area contributed by atoms with Crippen LogP contribution in [0.4, 0.5) is 0 Å². The fraction of sp³-hybridized carbons (Fsp3) is 0.552. The van der Waals surface area contributed by atoms with Crippen LogP contribution >= 0.6 is 0 Å². The largest absolute Gasteiger partial charge is 0.490 e. The molecule has 204 valence electrons. The Morgan fingerprint density at radius 1 is 1.30 bits per heavy atom. The highest BCUT2D eigenvalue weighted by molar-refractivity contribution is 5.89. The molecule has 0 saturated heterocycles. The molecule has 3 N–H and O–H groups in total. The molecule has 1 unspecified atom stereocenters. The van der Waals surface area contributed by atoms with Crippen LogP contribution in [0.5, 0.6) is 0 Å². The van der Waals surface area contributed by atoms with Gasteiger partial charge < -0.3 is 25.2 Å². The van der Waals surface area contributed by atoms with Gasteiger partial charge in [0.25, 0.3) is 0 Å². The van der Waals surface area contributed by atoms with Crippen molar-refractivity contribution in [1.29, 1.82) is 0 Å². The number of hydrogen-bond acceptors (Lipinski definition) is 6. The minimum Gasteiger partial charge on any atom is -0.490 e. The van der Waals surface area contributed by atoms with E-state index in [9.17, 15) is 19.5 Å². The number of ether oxygens (including phenoxy) is 2. The minimum absolute atomic E-state index is 0.0206. The van der Waals surface area contributed by atoms with Crippen LogP contribution in [0.1, 0.15) is 66.7 Å². The Bertz CT molecular complexity index is 946. The van der Waals surface area contributed by atoms with E-state index in [4.69, 9.17) is 9.47 Å². The van der Waals surface area contributed by atoms with Crippen molar-refractivity contribution in [3.05, 3.63) is 48.4 Å². The predicted molar refractivity (Wildman–Crippen MR) is 144 cm³/mol. The third kappa shape index (κ3) is 12.5. The van der Waals surface area contributed by atoms with Gasteiger partial charge in [-0.1, -0.05) is 63.8 Å². The number of carbonyl (C=O) groups is 3.